The van der Waals surface area contributed by atoms with Crippen molar-refractivity contribution < 1.29 is 0 Å². The monoisotopic (exact) mass is 162 g/mol. The van der Waals surface area contributed by atoms with Crippen molar-refractivity contribution in [3.05, 3.63) is 23.0 Å². The topological polar surface area (TPSA) is 52.0 Å². The smallest absolute Gasteiger partial charge is 0.0577 e. The maximum Gasteiger partial charge on any atom is 0.0577 e. The van der Waals surface area contributed by atoms with Crippen LogP contribution in [0.25, 0.3) is 0 Å². The van der Waals surface area contributed by atoms with Crippen LogP contribution in [0.5, 0.6) is 0 Å². The van der Waals surface area contributed by atoms with Gasteiger partial charge in [-0.15, -0.1) is 0 Å². The van der Waals surface area contributed by atoms with E-state index in [1.54, 1.807) is 13.0 Å². The van der Waals surface area contributed by atoms with Gasteiger partial charge >= 0.3 is 0 Å². The van der Waals surface area contributed by atoms with E-state index in [1.165, 1.54) is 6.20 Å². The van der Waals surface area contributed by atoms with E-state index >= 15 is 0 Å². The van der Waals surface area contributed by atoms with Gasteiger partial charge in [0.05, 0.1) is 5.03 Å². The van der Waals surface area contributed by atoms with E-state index in [0.29, 0.717) is 10.7 Å². The molecule has 0 saturated carbocycles. The Morgan fingerprint density at radius 3 is 1.90 bits per heavy atom. The first kappa shape index (κ1) is 12.1. The molecule has 4 N–H and O–H groups in total. The van der Waals surface area contributed by atoms with E-state index in [4.69, 9.17) is 23.1 Å². The molecule has 0 fully saturated rings. The molecule has 0 aromatic heterocycles. The maximum absolute atomic E-state index is 5.44. The summed E-state index contributed by atoms with van der Waals surface area (Å²) in [5, 5.41) is 0.463. The number of rotatable bonds is 1. The Hall–Kier alpha value is -0.630. The van der Waals surface area contributed by atoms with E-state index < -0.39 is 0 Å². The molecule has 0 aromatic rings. The Bertz CT molecular complexity index is 124. The van der Waals surface area contributed by atoms with Crippen molar-refractivity contribution in [2.45, 2.75) is 20.8 Å². The summed E-state index contributed by atoms with van der Waals surface area (Å²) in [7, 11) is 0. The van der Waals surface area contributed by atoms with Crippen molar-refractivity contribution in [3.63, 3.8) is 0 Å². The summed E-state index contributed by atoms with van der Waals surface area (Å²) in [5.41, 5.74) is 10.9. The molecule has 10 heavy (non-hydrogen) atoms. The van der Waals surface area contributed by atoms with Gasteiger partial charge in [0.15, 0.2) is 0 Å². The summed E-state index contributed by atoms with van der Waals surface area (Å²) in [5.74, 6) is 0. The van der Waals surface area contributed by atoms with Gasteiger partial charge in [-0.3, -0.25) is 0 Å². The minimum atomic E-state index is 0.463. The maximum atomic E-state index is 5.44. The van der Waals surface area contributed by atoms with Crippen molar-refractivity contribution >= 4 is 11.6 Å². The highest BCUT2D eigenvalue weighted by molar-refractivity contribution is 6.31. The second kappa shape index (κ2) is 8.37. The zero-order valence-corrected chi connectivity index (χ0v) is 7.44. The molecule has 0 aromatic carbocycles. The third-order valence-electron chi connectivity index (χ3n) is 0.525. The fraction of sp³-hybridized carbons (Fsp3) is 0.429. The van der Waals surface area contributed by atoms with Crippen LogP contribution in [0.15, 0.2) is 23.0 Å². The second-order valence-electron chi connectivity index (χ2n) is 1.44. The summed E-state index contributed by atoms with van der Waals surface area (Å²) in [6.45, 7) is 5.74. The van der Waals surface area contributed by atoms with Crippen molar-refractivity contribution in [3.8, 4) is 0 Å². The molecule has 0 saturated heterocycles. The number of hydrogen-bond acceptors (Lipinski definition) is 2. The van der Waals surface area contributed by atoms with Gasteiger partial charge in [0.25, 0.3) is 0 Å². The number of hydrogen-bond donors (Lipinski definition) is 2. The Morgan fingerprint density at radius 1 is 1.40 bits per heavy atom. The first-order chi connectivity index (χ1) is 4.66. The van der Waals surface area contributed by atoms with Crippen LogP contribution >= 0.6 is 11.6 Å². The first-order valence-corrected chi connectivity index (χ1v) is 3.55. The fourth-order valence-corrected chi connectivity index (χ4v) is 0.438. The summed E-state index contributed by atoms with van der Waals surface area (Å²) in [6.07, 6.45) is 2.87. The average Bonchev–Trinajstić information content (AvgIpc) is 1.91. The quantitative estimate of drug-likeness (QED) is 0.579. The van der Waals surface area contributed by atoms with Gasteiger partial charge in [0.2, 0.25) is 0 Å². The number of allylic oxidation sites excluding steroid dienone is 3. The van der Waals surface area contributed by atoms with Crippen LogP contribution in [0, 0.1) is 0 Å². The SMILES string of the molecule is C/C(N)=C/C(Cl)=C\N.CC. The molecule has 0 bridgehead atoms. The summed E-state index contributed by atoms with van der Waals surface area (Å²) in [6, 6.07) is 0. The molecule has 0 rings (SSSR count). The van der Waals surface area contributed by atoms with Gasteiger partial charge in [-0.05, 0) is 13.0 Å². The molecular formula is C7H15ClN2. The zero-order valence-electron chi connectivity index (χ0n) is 6.69. The van der Waals surface area contributed by atoms with Gasteiger partial charge in [-0.1, -0.05) is 25.4 Å². The van der Waals surface area contributed by atoms with Gasteiger partial charge in [-0.25, -0.2) is 0 Å². The van der Waals surface area contributed by atoms with Crippen LogP contribution in [0.2, 0.25) is 0 Å². The van der Waals surface area contributed by atoms with Crippen LogP contribution in [0.1, 0.15) is 20.8 Å². The highest BCUT2D eigenvalue weighted by Gasteiger charge is 1.80. The van der Waals surface area contributed by atoms with Crippen LogP contribution in [-0.2, 0) is 0 Å². The molecule has 0 radical (unpaired) electrons. The Kier molecular flexibility index (Phi) is 10.1. The standard InChI is InChI=1S/C5H9ClN2.C2H6/c1-4(8)2-5(6)3-7;1-2/h2-3H,7-8H2,1H3;1-2H3/b4-2-,5-3+;. The Balaban J connectivity index is 0. The minimum absolute atomic E-state index is 0.463. The first-order valence-electron chi connectivity index (χ1n) is 3.18. The summed E-state index contributed by atoms with van der Waals surface area (Å²) >= 11 is 5.44. The molecule has 0 aliphatic heterocycles. The van der Waals surface area contributed by atoms with Crippen molar-refractivity contribution in [2.75, 3.05) is 0 Å². The highest BCUT2D eigenvalue weighted by Crippen LogP contribution is 2.00. The summed E-state index contributed by atoms with van der Waals surface area (Å²) in [4.78, 5) is 0. The van der Waals surface area contributed by atoms with E-state index in [1.807, 2.05) is 13.8 Å². The van der Waals surface area contributed by atoms with Gasteiger partial charge in [-0.2, -0.15) is 0 Å². The Labute approximate surface area is 67.5 Å². The van der Waals surface area contributed by atoms with E-state index in [0.717, 1.165) is 0 Å². The van der Waals surface area contributed by atoms with E-state index in [9.17, 15) is 0 Å². The van der Waals surface area contributed by atoms with Crippen molar-refractivity contribution in [2.24, 2.45) is 11.5 Å². The predicted molar refractivity (Wildman–Crippen MR) is 47.4 cm³/mol. The van der Waals surface area contributed by atoms with Crippen molar-refractivity contribution in [1.29, 1.82) is 0 Å². The lowest BCUT2D eigenvalue weighted by molar-refractivity contribution is 1.31. The molecule has 0 atom stereocenters. The lowest BCUT2D eigenvalue weighted by atomic mass is 10.4. The van der Waals surface area contributed by atoms with Crippen LogP contribution in [0.3, 0.4) is 0 Å². The molecule has 0 aliphatic carbocycles. The third kappa shape index (κ3) is 10.4. The molecule has 60 valence electrons. The van der Waals surface area contributed by atoms with Crippen molar-refractivity contribution in [1.82, 2.24) is 0 Å². The lowest BCUT2D eigenvalue weighted by Crippen LogP contribution is -1.90. The molecule has 0 spiro atoms. The normalized spacial score (nSPS) is 12.0. The van der Waals surface area contributed by atoms with E-state index in [2.05, 4.69) is 0 Å². The molecule has 0 aliphatic rings. The molecular weight excluding hydrogens is 148 g/mol. The number of halogens is 1. The predicted octanol–water partition coefficient (Wildman–Crippen LogP) is 1.91. The van der Waals surface area contributed by atoms with Gasteiger partial charge in [0.1, 0.15) is 0 Å². The Morgan fingerprint density at radius 2 is 1.80 bits per heavy atom. The van der Waals surface area contributed by atoms with Gasteiger partial charge < -0.3 is 11.5 Å². The fourth-order valence-electron chi connectivity index (χ4n) is 0.266. The zero-order chi connectivity index (χ0) is 8.57. The molecule has 0 unspecified atom stereocenters. The third-order valence-corrected chi connectivity index (χ3v) is 0.760. The molecule has 3 heteroatoms. The summed E-state index contributed by atoms with van der Waals surface area (Å²) < 4.78 is 0. The second-order valence-corrected chi connectivity index (χ2v) is 1.88. The van der Waals surface area contributed by atoms with Crippen LogP contribution in [-0.4, -0.2) is 0 Å². The van der Waals surface area contributed by atoms with E-state index in [-0.39, 0.29) is 0 Å². The highest BCUT2D eigenvalue weighted by atomic mass is 35.5. The average molecular weight is 163 g/mol. The van der Waals surface area contributed by atoms with Gasteiger partial charge in [0, 0.05) is 11.9 Å². The minimum Gasteiger partial charge on any atom is -0.403 e. The largest absolute Gasteiger partial charge is 0.403 e. The number of nitrogens with two attached hydrogens (primary N) is 2. The lowest BCUT2D eigenvalue weighted by Gasteiger charge is -1.86. The van der Waals surface area contributed by atoms with Crippen LogP contribution in [0.4, 0.5) is 0 Å². The van der Waals surface area contributed by atoms with Crippen LogP contribution < -0.4 is 11.5 Å². The molecule has 2 nitrogen and oxygen atoms in total. The molecule has 0 heterocycles. The molecule has 0 amide bonds.